The number of hydrogen-bond acceptors (Lipinski definition) is 3. The zero-order chi connectivity index (χ0) is 12.3. The van der Waals surface area contributed by atoms with Gasteiger partial charge in [-0.15, -0.1) is 0 Å². The molecule has 0 spiro atoms. The van der Waals surface area contributed by atoms with E-state index in [9.17, 15) is 10.1 Å². The van der Waals surface area contributed by atoms with Gasteiger partial charge < -0.3 is 4.98 Å². The summed E-state index contributed by atoms with van der Waals surface area (Å²) in [5.41, 5.74) is 0.141. The molecule has 84 valence electrons. The van der Waals surface area contributed by atoms with Gasteiger partial charge in [0, 0.05) is 10.6 Å². The molecule has 0 bridgehead atoms. The number of nitrogens with zero attached hydrogens (tertiary/aromatic N) is 2. The number of halogens is 2. The van der Waals surface area contributed by atoms with Crippen LogP contribution in [0.1, 0.15) is 6.92 Å². The summed E-state index contributed by atoms with van der Waals surface area (Å²) in [6, 6.07) is 0. The van der Waals surface area contributed by atoms with Crippen molar-refractivity contribution in [3.63, 3.8) is 0 Å². The third-order valence-corrected chi connectivity index (χ3v) is 2.56. The topological polar surface area (TPSA) is 71.8 Å². The number of imidazole rings is 1. The van der Waals surface area contributed by atoms with Crippen molar-refractivity contribution >= 4 is 57.2 Å². The van der Waals surface area contributed by atoms with Crippen LogP contribution in [0, 0.1) is 10.1 Å². The van der Waals surface area contributed by atoms with E-state index < -0.39 is 4.92 Å². The van der Waals surface area contributed by atoms with E-state index >= 15 is 0 Å². The minimum atomic E-state index is -0.472. The lowest BCUT2D eigenvalue weighted by molar-refractivity contribution is -0.378. The predicted octanol–water partition coefficient (Wildman–Crippen LogP) is -0.453. The van der Waals surface area contributed by atoms with Crippen LogP contribution in [0.15, 0.2) is 0 Å². The maximum atomic E-state index is 10.8. The van der Waals surface area contributed by atoms with Crippen LogP contribution in [0.3, 0.4) is 0 Å². The van der Waals surface area contributed by atoms with Crippen LogP contribution in [0.5, 0.6) is 0 Å². The molecule has 2 radical (unpaired) electrons. The average Bonchev–Trinajstić information content (AvgIpc) is 2.46. The number of H-pyrrole nitrogens is 1. The standard InChI is InChI=1S/C8H8BBr2N3O2/c1-4(11)2-5-7(13-8(9)12-5)6(3-10)14(15)16/h2,4H,3H2,1H3,(H,12,13)/b5-2+,7-6-. The number of hydrogen-bond donors (Lipinski definition) is 1. The van der Waals surface area contributed by atoms with Crippen LogP contribution in [-0.4, -0.2) is 32.9 Å². The van der Waals surface area contributed by atoms with E-state index in [2.05, 4.69) is 41.8 Å². The molecular formula is C8H8BBr2N3O2. The molecule has 1 aromatic heterocycles. The zero-order valence-corrected chi connectivity index (χ0v) is 11.6. The van der Waals surface area contributed by atoms with Gasteiger partial charge in [0.05, 0.1) is 15.6 Å². The highest BCUT2D eigenvalue weighted by Crippen LogP contribution is 1.98. The molecule has 0 aliphatic rings. The zero-order valence-electron chi connectivity index (χ0n) is 8.41. The predicted molar refractivity (Wildman–Crippen MR) is 70.3 cm³/mol. The Kier molecular flexibility index (Phi) is 4.73. The highest BCUT2D eigenvalue weighted by molar-refractivity contribution is 9.09. The maximum Gasteiger partial charge on any atom is 0.284 e. The summed E-state index contributed by atoms with van der Waals surface area (Å²) >= 11 is 6.39. The maximum absolute atomic E-state index is 10.8. The Bertz CT molecular complexity index is 512. The van der Waals surface area contributed by atoms with E-state index in [1.165, 1.54) is 0 Å². The van der Waals surface area contributed by atoms with Crippen LogP contribution in [0.25, 0.3) is 11.8 Å². The van der Waals surface area contributed by atoms with Gasteiger partial charge in [-0.3, -0.25) is 10.1 Å². The van der Waals surface area contributed by atoms with E-state index in [0.717, 1.165) is 0 Å². The first kappa shape index (κ1) is 13.4. The van der Waals surface area contributed by atoms with Gasteiger partial charge in [0.25, 0.3) is 5.70 Å². The lowest BCUT2D eigenvalue weighted by Crippen LogP contribution is -2.31. The fourth-order valence-electron chi connectivity index (χ4n) is 1.17. The summed E-state index contributed by atoms with van der Waals surface area (Å²) in [6.07, 6.45) is 1.77. The molecule has 0 aromatic carbocycles. The van der Waals surface area contributed by atoms with Gasteiger partial charge in [-0.05, 0) is 13.0 Å². The molecule has 1 unspecified atom stereocenters. The van der Waals surface area contributed by atoms with Crippen molar-refractivity contribution in [3.8, 4) is 0 Å². The van der Waals surface area contributed by atoms with Crippen LogP contribution >= 0.6 is 31.9 Å². The van der Waals surface area contributed by atoms with Crippen molar-refractivity contribution in [2.75, 3.05) is 5.33 Å². The summed E-state index contributed by atoms with van der Waals surface area (Å²) in [7, 11) is 5.49. The summed E-state index contributed by atoms with van der Waals surface area (Å²) in [5.74, 6) is 0. The van der Waals surface area contributed by atoms with E-state index in [-0.39, 0.29) is 26.9 Å². The average molecular weight is 349 g/mol. The minimum absolute atomic E-state index is 0.0210. The first-order valence-electron chi connectivity index (χ1n) is 4.36. The molecule has 1 aromatic rings. The molecule has 8 heteroatoms. The summed E-state index contributed by atoms with van der Waals surface area (Å²) in [4.78, 5) is 17.1. The highest BCUT2D eigenvalue weighted by Gasteiger charge is 2.13. The second-order valence-electron chi connectivity index (χ2n) is 3.07. The fraction of sp³-hybridized carbons (Fsp3) is 0.375. The van der Waals surface area contributed by atoms with Crippen LogP contribution in [0.2, 0.25) is 0 Å². The molecule has 0 fully saturated rings. The van der Waals surface area contributed by atoms with Crippen LogP contribution < -0.4 is 16.4 Å². The van der Waals surface area contributed by atoms with E-state index in [0.29, 0.717) is 5.35 Å². The first-order valence-corrected chi connectivity index (χ1v) is 6.40. The fourth-order valence-corrected chi connectivity index (χ4v) is 1.91. The first-order chi connectivity index (χ1) is 7.45. The second kappa shape index (κ2) is 5.63. The summed E-state index contributed by atoms with van der Waals surface area (Å²) in [5, 5.41) is 11.7. The Labute approximate surface area is 110 Å². The van der Waals surface area contributed by atoms with Gasteiger partial charge in [0.2, 0.25) is 0 Å². The quantitative estimate of drug-likeness (QED) is 0.348. The van der Waals surface area contributed by atoms with Crippen LogP contribution in [-0.2, 0) is 0 Å². The molecule has 1 rings (SSSR count). The molecule has 0 saturated heterocycles. The van der Waals surface area contributed by atoms with Gasteiger partial charge in [0.1, 0.15) is 0 Å². The minimum Gasteiger partial charge on any atom is -0.351 e. The van der Waals surface area contributed by atoms with Gasteiger partial charge in [0.15, 0.2) is 13.2 Å². The van der Waals surface area contributed by atoms with E-state index in [1.54, 1.807) is 6.08 Å². The van der Waals surface area contributed by atoms with Crippen molar-refractivity contribution in [1.29, 1.82) is 0 Å². The molecule has 0 saturated carbocycles. The van der Waals surface area contributed by atoms with Gasteiger partial charge in [-0.25, -0.2) is 4.98 Å². The Morgan fingerprint density at radius 2 is 2.44 bits per heavy atom. The Morgan fingerprint density at radius 1 is 1.81 bits per heavy atom. The number of aromatic amines is 1. The number of alkyl halides is 2. The third kappa shape index (κ3) is 3.18. The monoisotopic (exact) mass is 347 g/mol. The van der Waals surface area contributed by atoms with Crippen molar-refractivity contribution in [3.05, 3.63) is 20.8 Å². The van der Waals surface area contributed by atoms with Gasteiger partial charge in [-0.2, -0.15) is 0 Å². The van der Waals surface area contributed by atoms with Crippen molar-refractivity contribution in [2.24, 2.45) is 0 Å². The Balaban J connectivity index is 3.61. The van der Waals surface area contributed by atoms with Crippen molar-refractivity contribution in [2.45, 2.75) is 11.8 Å². The molecule has 0 amide bonds. The van der Waals surface area contributed by atoms with E-state index in [1.807, 2.05) is 6.92 Å². The molecule has 16 heavy (non-hydrogen) atoms. The molecule has 0 aliphatic heterocycles. The molecule has 5 nitrogen and oxygen atoms in total. The Hall–Kier alpha value is -0.625. The third-order valence-electron chi connectivity index (χ3n) is 1.77. The lowest BCUT2D eigenvalue weighted by atomic mass is 10.1. The lowest BCUT2D eigenvalue weighted by Gasteiger charge is -1.91. The normalized spacial score (nSPS) is 16.1. The molecule has 1 N–H and O–H groups in total. The SMILES string of the molecule is [B]c1nc(=C(/CBr)[N+](=O)[O-])/c(=C\C(C)Br)[nH]1. The summed E-state index contributed by atoms with van der Waals surface area (Å²) in [6.45, 7) is 1.89. The number of nitro groups is 1. The van der Waals surface area contributed by atoms with Gasteiger partial charge in [-0.1, -0.05) is 31.9 Å². The smallest absolute Gasteiger partial charge is 0.284 e. The van der Waals surface area contributed by atoms with E-state index in [4.69, 9.17) is 7.85 Å². The second-order valence-corrected chi connectivity index (χ2v) is 5.07. The largest absolute Gasteiger partial charge is 0.351 e. The number of nitrogens with one attached hydrogen (secondary N) is 1. The molecule has 1 atom stereocenters. The van der Waals surface area contributed by atoms with Crippen molar-refractivity contribution < 1.29 is 4.92 Å². The van der Waals surface area contributed by atoms with Crippen molar-refractivity contribution in [1.82, 2.24) is 9.97 Å². The number of rotatable bonds is 3. The number of aromatic nitrogens is 2. The molecule has 1 heterocycles. The highest BCUT2D eigenvalue weighted by atomic mass is 79.9. The Morgan fingerprint density at radius 3 is 2.88 bits per heavy atom. The summed E-state index contributed by atoms with van der Waals surface area (Å²) < 4.78 is 0. The molecule has 0 aliphatic carbocycles. The molecular weight excluding hydrogens is 341 g/mol. The van der Waals surface area contributed by atoms with Crippen LogP contribution in [0.4, 0.5) is 0 Å². The van der Waals surface area contributed by atoms with Gasteiger partial charge >= 0.3 is 0 Å².